The van der Waals surface area contributed by atoms with Crippen LogP contribution < -0.4 is 0 Å². The van der Waals surface area contributed by atoms with Gasteiger partial charge in [0.1, 0.15) is 7.85 Å². The number of nitrogens with zero attached hydrogens (tertiary/aromatic N) is 1. The highest BCUT2D eigenvalue weighted by Crippen LogP contribution is 2.09. The van der Waals surface area contributed by atoms with Gasteiger partial charge in [0.05, 0.1) is 0 Å². The average Bonchev–Trinajstić information content (AvgIpc) is 1.77. The van der Waals surface area contributed by atoms with E-state index in [1.54, 1.807) is 0 Å². The summed E-state index contributed by atoms with van der Waals surface area (Å²) in [5.41, 5.74) is 1.03. The first-order valence-electron chi connectivity index (χ1n) is 2.73. The molecule has 0 amide bonds. The molecular weight excluding hydrogens is 116 g/mol. The fourth-order valence-electron chi connectivity index (χ4n) is 0.701. The summed E-state index contributed by atoms with van der Waals surface area (Å²) in [4.78, 5) is 0. The molecule has 1 atom stereocenters. The Morgan fingerprint density at radius 2 is 2.50 bits per heavy atom. The van der Waals surface area contributed by atoms with Gasteiger partial charge in [0.2, 0.25) is 0 Å². The molecule has 0 aliphatic carbocycles. The van der Waals surface area contributed by atoms with E-state index in [1.165, 1.54) is 0 Å². The van der Waals surface area contributed by atoms with Crippen LogP contribution in [0.15, 0.2) is 11.5 Å². The molecule has 0 aromatic rings. The smallest absolute Gasteiger partial charge is 0.107 e. The van der Waals surface area contributed by atoms with Gasteiger partial charge in [0.15, 0.2) is 0 Å². The third-order valence-corrected chi connectivity index (χ3v) is 1.74. The summed E-state index contributed by atoms with van der Waals surface area (Å²) in [5, 5.41) is 0. The molecule has 3 heteroatoms. The maximum Gasteiger partial charge on any atom is 0.107 e. The van der Waals surface area contributed by atoms with Gasteiger partial charge in [0.25, 0.3) is 0 Å². The lowest BCUT2D eigenvalue weighted by atomic mass is 9.90. The number of rotatable bonds is 0. The van der Waals surface area contributed by atoms with Crippen LogP contribution in [0.5, 0.6) is 0 Å². The van der Waals surface area contributed by atoms with Crippen molar-refractivity contribution in [3.8, 4) is 0 Å². The van der Waals surface area contributed by atoms with Crippen molar-refractivity contribution in [3.63, 3.8) is 0 Å². The first kappa shape index (κ1) is 6.32. The SMILES string of the molecule is [B]C1=CCN(P)CC1. The fourth-order valence-corrected chi connectivity index (χ4v) is 0.935. The molecule has 0 saturated carbocycles. The zero-order chi connectivity index (χ0) is 5.98. The minimum absolute atomic E-state index is 0.983. The van der Waals surface area contributed by atoms with Crippen LogP contribution in [-0.4, -0.2) is 25.6 Å². The summed E-state index contributed by atoms with van der Waals surface area (Å²) in [6.07, 6.45) is 3.07. The Morgan fingerprint density at radius 3 is 2.88 bits per heavy atom. The van der Waals surface area contributed by atoms with Gasteiger partial charge in [-0.3, -0.25) is 4.67 Å². The molecule has 1 unspecified atom stereocenters. The van der Waals surface area contributed by atoms with Crippen LogP contribution in [0.1, 0.15) is 6.42 Å². The molecule has 42 valence electrons. The molecule has 8 heavy (non-hydrogen) atoms. The van der Waals surface area contributed by atoms with Gasteiger partial charge in [-0.15, -0.1) is 5.47 Å². The van der Waals surface area contributed by atoms with Gasteiger partial charge in [0, 0.05) is 13.1 Å². The fraction of sp³-hybridized carbons (Fsp3) is 0.600. The Bertz CT molecular complexity index is 113. The van der Waals surface area contributed by atoms with Crippen LogP contribution in [0.4, 0.5) is 0 Å². The van der Waals surface area contributed by atoms with Gasteiger partial charge in [-0.25, -0.2) is 0 Å². The van der Waals surface area contributed by atoms with Crippen molar-refractivity contribution in [1.29, 1.82) is 0 Å². The molecule has 0 aromatic carbocycles. The van der Waals surface area contributed by atoms with Crippen molar-refractivity contribution in [1.82, 2.24) is 4.67 Å². The highest BCUT2D eigenvalue weighted by atomic mass is 31.0. The van der Waals surface area contributed by atoms with E-state index in [9.17, 15) is 0 Å². The maximum atomic E-state index is 5.52. The Labute approximate surface area is 53.8 Å². The van der Waals surface area contributed by atoms with E-state index in [4.69, 9.17) is 7.85 Å². The summed E-state index contributed by atoms with van der Waals surface area (Å²) in [7, 11) is 8.18. The monoisotopic (exact) mass is 125 g/mol. The van der Waals surface area contributed by atoms with Crippen LogP contribution in [0, 0.1) is 0 Å². The third-order valence-electron chi connectivity index (χ3n) is 1.28. The van der Waals surface area contributed by atoms with E-state index in [-0.39, 0.29) is 0 Å². The number of hydrogen-bond acceptors (Lipinski definition) is 1. The highest BCUT2D eigenvalue weighted by Gasteiger charge is 2.01. The lowest BCUT2D eigenvalue weighted by molar-refractivity contribution is 0.505. The predicted molar refractivity (Wildman–Crippen MR) is 39.7 cm³/mol. The van der Waals surface area contributed by atoms with E-state index in [0.29, 0.717) is 0 Å². The highest BCUT2D eigenvalue weighted by molar-refractivity contribution is 7.13. The van der Waals surface area contributed by atoms with Crippen LogP contribution >= 0.6 is 9.39 Å². The summed E-state index contributed by atoms with van der Waals surface area (Å²) in [6, 6.07) is 0. The second kappa shape index (κ2) is 2.66. The minimum Gasteiger partial charge on any atom is -0.283 e. The lowest BCUT2D eigenvalue weighted by Gasteiger charge is -2.19. The van der Waals surface area contributed by atoms with E-state index in [0.717, 1.165) is 25.0 Å². The molecule has 2 radical (unpaired) electrons. The van der Waals surface area contributed by atoms with Gasteiger partial charge in [-0.05, 0) is 6.42 Å². The molecule has 0 aromatic heterocycles. The molecule has 1 aliphatic heterocycles. The van der Waals surface area contributed by atoms with E-state index in [2.05, 4.69) is 20.1 Å². The van der Waals surface area contributed by atoms with Crippen molar-refractivity contribution in [2.75, 3.05) is 13.1 Å². The standard InChI is InChI=1S/C5H9BNP/c6-5-1-3-7(8)4-2-5/h1H,2-4,8H2. The molecule has 1 nitrogen and oxygen atoms in total. The molecule has 0 bridgehead atoms. The van der Waals surface area contributed by atoms with E-state index in [1.807, 2.05) is 0 Å². The van der Waals surface area contributed by atoms with Gasteiger partial charge in [-0.1, -0.05) is 15.5 Å². The number of hydrogen-bond donors (Lipinski definition) is 0. The summed E-state index contributed by atoms with van der Waals surface area (Å²) in [6.45, 7) is 2.06. The quantitative estimate of drug-likeness (QED) is 0.337. The summed E-state index contributed by atoms with van der Waals surface area (Å²) >= 11 is 0. The Balaban J connectivity index is 2.42. The average molecular weight is 125 g/mol. The summed E-state index contributed by atoms with van der Waals surface area (Å²) in [5.74, 6) is 0. The Morgan fingerprint density at radius 1 is 1.75 bits per heavy atom. The predicted octanol–water partition coefficient (Wildman–Crippen LogP) is 0.535. The van der Waals surface area contributed by atoms with Gasteiger partial charge >= 0.3 is 0 Å². The first-order valence-corrected chi connectivity index (χ1v) is 3.25. The van der Waals surface area contributed by atoms with E-state index < -0.39 is 0 Å². The molecular formula is C5H9BNP. The van der Waals surface area contributed by atoms with Crippen molar-refractivity contribution in [2.45, 2.75) is 6.42 Å². The molecule has 0 saturated heterocycles. The van der Waals surface area contributed by atoms with Gasteiger partial charge in [-0.2, -0.15) is 0 Å². The molecule has 1 rings (SSSR count). The zero-order valence-corrected chi connectivity index (χ0v) is 5.96. The Kier molecular flexibility index (Phi) is 2.10. The van der Waals surface area contributed by atoms with Crippen LogP contribution in [0.2, 0.25) is 0 Å². The first-order chi connectivity index (χ1) is 3.79. The Hall–Kier alpha value is 0.195. The second-order valence-electron chi connectivity index (χ2n) is 2.02. The second-order valence-corrected chi connectivity index (χ2v) is 2.75. The third kappa shape index (κ3) is 1.61. The largest absolute Gasteiger partial charge is 0.283 e. The topological polar surface area (TPSA) is 3.24 Å². The van der Waals surface area contributed by atoms with Crippen LogP contribution in [0.25, 0.3) is 0 Å². The molecule has 1 aliphatic rings. The van der Waals surface area contributed by atoms with Crippen molar-refractivity contribution >= 4 is 17.2 Å². The molecule has 1 heterocycles. The minimum atomic E-state index is 0.983. The van der Waals surface area contributed by atoms with E-state index >= 15 is 0 Å². The molecule has 0 N–H and O–H groups in total. The zero-order valence-electron chi connectivity index (χ0n) is 4.80. The normalized spacial score (nSPS) is 22.9. The van der Waals surface area contributed by atoms with Crippen molar-refractivity contribution < 1.29 is 0 Å². The molecule has 0 fully saturated rings. The lowest BCUT2D eigenvalue weighted by Crippen LogP contribution is -2.18. The van der Waals surface area contributed by atoms with Crippen LogP contribution in [-0.2, 0) is 0 Å². The van der Waals surface area contributed by atoms with Crippen LogP contribution in [0.3, 0.4) is 0 Å². The summed E-state index contributed by atoms with van der Waals surface area (Å²) < 4.78 is 2.16. The van der Waals surface area contributed by atoms with Crippen molar-refractivity contribution in [2.24, 2.45) is 0 Å². The molecule has 0 spiro atoms. The maximum absolute atomic E-state index is 5.52. The van der Waals surface area contributed by atoms with Gasteiger partial charge < -0.3 is 0 Å². The van der Waals surface area contributed by atoms with Crippen molar-refractivity contribution in [3.05, 3.63) is 11.5 Å².